The third-order valence-corrected chi connectivity index (χ3v) is 6.52. The molecule has 2 N–H and O–H groups in total. The minimum Gasteiger partial charge on any atom is -0.459 e. The van der Waals surface area contributed by atoms with Crippen molar-refractivity contribution in [3.05, 3.63) is 78.0 Å². The number of anilines is 3. The van der Waals surface area contributed by atoms with Crippen LogP contribution in [-0.4, -0.2) is 66.9 Å². The molecule has 10 heteroatoms. The number of nitrogens with one attached hydrogen (secondary N) is 2. The normalized spacial score (nSPS) is 13.6. The number of amides is 4. The van der Waals surface area contributed by atoms with Gasteiger partial charge in [0.1, 0.15) is 5.82 Å². The van der Waals surface area contributed by atoms with Gasteiger partial charge < -0.3 is 29.8 Å². The number of furan rings is 1. The molecule has 9 nitrogen and oxygen atoms in total. The lowest BCUT2D eigenvalue weighted by molar-refractivity contribution is 0.0773. The first-order valence-electron chi connectivity index (χ1n) is 12.7. The van der Waals surface area contributed by atoms with Crippen LogP contribution in [0.15, 0.2) is 65.3 Å². The molecule has 4 amide bonds. The van der Waals surface area contributed by atoms with E-state index in [1.807, 2.05) is 19.9 Å². The monoisotopic (exact) mass is 521 g/mol. The second-order valence-corrected chi connectivity index (χ2v) is 8.88. The summed E-state index contributed by atoms with van der Waals surface area (Å²) in [6.07, 6.45) is 2.09. The van der Waals surface area contributed by atoms with Gasteiger partial charge in [0, 0.05) is 50.6 Å². The Morgan fingerprint density at radius 3 is 2.45 bits per heavy atom. The molecule has 0 saturated carbocycles. The van der Waals surface area contributed by atoms with Gasteiger partial charge in [-0.1, -0.05) is 12.1 Å². The maximum atomic E-state index is 14.0. The fourth-order valence-electron chi connectivity index (χ4n) is 4.46. The molecule has 0 unspecified atom stereocenters. The molecule has 1 saturated heterocycles. The van der Waals surface area contributed by atoms with Crippen molar-refractivity contribution in [1.29, 1.82) is 0 Å². The van der Waals surface area contributed by atoms with E-state index in [1.54, 1.807) is 46.2 Å². The molecule has 2 aromatic carbocycles. The Kier molecular flexibility index (Phi) is 8.62. The molecule has 38 heavy (non-hydrogen) atoms. The summed E-state index contributed by atoms with van der Waals surface area (Å²) in [7, 11) is 0. The van der Waals surface area contributed by atoms with Crippen LogP contribution in [0.2, 0.25) is 0 Å². The molecule has 0 spiro atoms. The highest BCUT2D eigenvalue weighted by atomic mass is 19.1. The van der Waals surface area contributed by atoms with E-state index in [2.05, 4.69) is 15.5 Å². The number of hydrogen-bond donors (Lipinski definition) is 2. The largest absolute Gasteiger partial charge is 0.459 e. The van der Waals surface area contributed by atoms with E-state index in [4.69, 9.17) is 4.42 Å². The highest BCUT2D eigenvalue weighted by Gasteiger charge is 2.25. The fourth-order valence-corrected chi connectivity index (χ4v) is 4.46. The van der Waals surface area contributed by atoms with Gasteiger partial charge in [-0.3, -0.25) is 9.59 Å². The molecule has 1 aliphatic heterocycles. The number of halogens is 1. The van der Waals surface area contributed by atoms with Crippen LogP contribution in [0, 0.1) is 5.82 Å². The van der Waals surface area contributed by atoms with Crippen molar-refractivity contribution in [2.75, 3.05) is 54.8 Å². The van der Waals surface area contributed by atoms with Crippen molar-refractivity contribution in [2.45, 2.75) is 20.3 Å². The maximum absolute atomic E-state index is 14.0. The highest BCUT2D eigenvalue weighted by molar-refractivity contribution is 6.05. The molecule has 1 aromatic heterocycles. The van der Waals surface area contributed by atoms with Crippen molar-refractivity contribution < 1.29 is 23.2 Å². The molecule has 0 bridgehead atoms. The maximum Gasteiger partial charge on any atom is 0.321 e. The number of hydrogen-bond acceptors (Lipinski definition) is 5. The zero-order valence-electron chi connectivity index (χ0n) is 21.6. The van der Waals surface area contributed by atoms with Crippen LogP contribution >= 0.6 is 0 Å². The van der Waals surface area contributed by atoms with Crippen LogP contribution in [0.25, 0.3) is 0 Å². The van der Waals surface area contributed by atoms with Gasteiger partial charge in [-0.15, -0.1) is 0 Å². The Balaban J connectivity index is 1.53. The van der Waals surface area contributed by atoms with E-state index in [0.29, 0.717) is 56.9 Å². The standard InChI is InChI=1S/C28H32FN5O4/c1-3-32(4-2)27(36)21-19-20(30-26(35)25-11-7-18-38-25)12-13-24(21)33-14-8-15-34(17-16-33)28(37)31-23-10-6-5-9-22(23)29/h5-7,9-13,18-19H,3-4,8,14-17H2,1-2H3,(H,30,35)(H,31,37). The lowest BCUT2D eigenvalue weighted by Gasteiger charge is -2.28. The minimum absolute atomic E-state index is 0.137. The number of carbonyl (C=O) groups is 3. The van der Waals surface area contributed by atoms with Gasteiger partial charge >= 0.3 is 6.03 Å². The Bertz CT molecular complexity index is 1280. The second kappa shape index (κ2) is 12.3. The number of benzene rings is 2. The van der Waals surface area contributed by atoms with Crippen LogP contribution in [-0.2, 0) is 0 Å². The Morgan fingerprint density at radius 1 is 0.947 bits per heavy atom. The number of rotatable bonds is 7. The summed E-state index contributed by atoms with van der Waals surface area (Å²) >= 11 is 0. The van der Waals surface area contributed by atoms with Gasteiger partial charge in [0.2, 0.25) is 0 Å². The average Bonchev–Trinajstić information content (AvgIpc) is 3.36. The van der Waals surface area contributed by atoms with E-state index >= 15 is 0 Å². The zero-order valence-corrected chi connectivity index (χ0v) is 21.6. The quantitative estimate of drug-likeness (QED) is 0.461. The van der Waals surface area contributed by atoms with Crippen molar-refractivity contribution in [3.63, 3.8) is 0 Å². The van der Waals surface area contributed by atoms with Gasteiger partial charge in [0.05, 0.1) is 17.5 Å². The molecule has 4 rings (SSSR count). The Hall–Kier alpha value is -4.34. The first-order chi connectivity index (χ1) is 18.4. The summed E-state index contributed by atoms with van der Waals surface area (Å²) in [6, 6.07) is 14.1. The molecule has 1 fully saturated rings. The summed E-state index contributed by atoms with van der Waals surface area (Å²) in [4.78, 5) is 44.3. The van der Waals surface area contributed by atoms with Crippen molar-refractivity contribution >= 4 is 34.9 Å². The lowest BCUT2D eigenvalue weighted by atomic mass is 10.1. The second-order valence-electron chi connectivity index (χ2n) is 8.88. The lowest BCUT2D eigenvalue weighted by Crippen LogP contribution is -2.38. The molecule has 0 radical (unpaired) electrons. The zero-order chi connectivity index (χ0) is 27.1. The molecular formula is C28H32FN5O4. The van der Waals surface area contributed by atoms with E-state index in [9.17, 15) is 18.8 Å². The van der Waals surface area contributed by atoms with Gasteiger partial charge in [-0.25, -0.2) is 9.18 Å². The number of para-hydroxylation sites is 1. The first-order valence-corrected chi connectivity index (χ1v) is 12.7. The number of nitrogens with zero attached hydrogens (tertiary/aromatic N) is 3. The molecular weight excluding hydrogens is 489 g/mol. The summed E-state index contributed by atoms with van der Waals surface area (Å²) in [5.74, 6) is -0.865. The number of carbonyl (C=O) groups excluding carboxylic acids is 3. The highest BCUT2D eigenvalue weighted by Crippen LogP contribution is 2.28. The van der Waals surface area contributed by atoms with Gasteiger partial charge in [-0.05, 0) is 62.7 Å². The van der Waals surface area contributed by atoms with Crippen molar-refractivity contribution in [1.82, 2.24) is 9.80 Å². The topological polar surface area (TPSA) is 98.1 Å². The summed E-state index contributed by atoms with van der Waals surface area (Å²) in [5, 5.41) is 5.44. The molecule has 0 atom stereocenters. The fraction of sp³-hybridized carbons (Fsp3) is 0.321. The van der Waals surface area contributed by atoms with Gasteiger partial charge in [0.25, 0.3) is 11.8 Å². The Morgan fingerprint density at radius 2 is 1.74 bits per heavy atom. The van der Waals surface area contributed by atoms with Crippen LogP contribution in [0.3, 0.4) is 0 Å². The van der Waals surface area contributed by atoms with Gasteiger partial charge in [-0.2, -0.15) is 0 Å². The summed E-state index contributed by atoms with van der Waals surface area (Å²) in [5.41, 5.74) is 1.81. The molecule has 0 aliphatic carbocycles. The van der Waals surface area contributed by atoms with E-state index in [0.717, 1.165) is 5.69 Å². The smallest absolute Gasteiger partial charge is 0.321 e. The predicted molar refractivity (Wildman–Crippen MR) is 144 cm³/mol. The van der Waals surface area contributed by atoms with Crippen LogP contribution in [0.1, 0.15) is 41.2 Å². The minimum atomic E-state index is -0.490. The summed E-state index contributed by atoms with van der Waals surface area (Å²) < 4.78 is 19.2. The predicted octanol–water partition coefficient (Wildman–Crippen LogP) is 4.90. The third-order valence-electron chi connectivity index (χ3n) is 6.52. The van der Waals surface area contributed by atoms with Crippen LogP contribution < -0.4 is 15.5 Å². The van der Waals surface area contributed by atoms with E-state index in [-0.39, 0.29) is 23.4 Å². The molecule has 3 aromatic rings. The average molecular weight is 522 g/mol. The van der Waals surface area contributed by atoms with E-state index < -0.39 is 11.7 Å². The third kappa shape index (κ3) is 6.13. The molecule has 1 aliphatic rings. The molecule has 200 valence electrons. The van der Waals surface area contributed by atoms with Crippen LogP contribution in [0.5, 0.6) is 0 Å². The van der Waals surface area contributed by atoms with Gasteiger partial charge in [0.15, 0.2) is 5.76 Å². The number of urea groups is 1. The summed E-state index contributed by atoms with van der Waals surface area (Å²) in [6.45, 7) is 6.93. The molecule has 2 heterocycles. The van der Waals surface area contributed by atoms with E-state index in [1.165, 1.54) is 18.4 Å². The van der Waals surface area contributed by atoms with Crippen LogP contribution in [0.4, 0.5) is 26.2 Å². The Labute approximate surface area is 221 Å². The van der Waals surface area contributed by atoms with Crippen molar-refractivity contribution in [3.8, 4) is 0 Å². The van der Waals surface area contributed by atoms with Crippen molar-refractivity contribution in [2.24, 2.45) is 0 Å². The SMILES string of the molecule is CCN(CC)C(=O)c1cc(NC(=O)c2ccco2)ccc1N1CCCN(C(=O)Nc2ccccc2F)CC1. The first kappa shape index (κ1) is 26.7.